The second kappa shape index (κ2) is 6.74. The van der Waals surface area contributed by atoms with Crippen LogP contribution in [0.15, 0.2) is 0 Å². The van der Waals surface area contributed by atoms with Crippen LogP contribution in [0.1, 0.15) is 25.7 Å². The average molecular weight is 318 g/mol. The molecule has 7 nitrogen and oxygen atoms in total. The monoisotopic (exact) mass is 318 g/mol. The zero-order chi connectivity index (χ0) is 15.5. The predicted octanol–water partition coefficient (Wildman–Crippen LogP) is -0.524. The maximum Gasteiger partial charge on any atom is 0.305 e. The number of carboxylic acids is 1. The van der Waals surface area contributed by atoms with E-state index in [0.29, 0.717) is 12.3 Å². The quantitative estimate of drug-likeness (QED) is 0.722. The van der Waals surface area contributed by atoms with E-state index in [1.807, 2.05) is 0 Å². The lowest BCUT2D eigenvalue weighted by Crippen LogP contribution is -2.52. The average Bonchev–Trinajstić information content (AvgIpc) is 2.38. The highest BCUT2D eigenvalue weighted by Crippen LogP contribution is 2.21. The van der Waals surface area contributed by atoms with Crippen LogP contribution >= 0.6 is 0 Å². The molecule has 2 aliphatic rings. The standard InChI is InChI=1S/C13H22N2O5S/c16-12(7-10-1-3-14-4-2-10)15-5-6-21(19,20)9-11(15)8-13(17)18/h10-11,14H,1-9H2,(H,17,18). The van der Waals surface area contributed by atoms with Gasteiger partial charge in [-0.15, -0.1) is 0 Å². The molecule has 1 amide bonds. The number of nitrogens with one attached hydrogen (secondary N) is 1. The smallest absolute Gasteiger partial charge is 0.305 e. The fourth-order valence-corrected chi connectivity index (χ4v) is 4.56. The molecule has 2 fully saturated rings. The van der Waals surface area contributed by atoms with E-state index in [9.17, 15) is 18.0 Å². The van der Waals surface area contributed by atoms with E-state index in [4.69, 9.17) is 5.11 Å². The van der Waals surface area contributed by atoms with Gasteiger partial charge in [0.25, 0.3) is 0 Å². The summed E-state index contributed by atoms with van der Waals surface area (Å²) in [5.74, 6) is -1.18. The number of nitrogens with zero attached hydrogens (tertiary/aromatic N) is 1. The number of sulfone groups is 1. The molecule has 0 aliphatic carbocycles. The molecular formula is C13H22N2O5S. The first kappa shape index (κ1) is 16.2. The summed E-state index contributed by atoms with van der Waals surface area (Å²) < 4.78 is 23.3. The van der Waals surface area contributed by atoms with Crippen molar-refractivity contribution in [1.82, 2.24) is 10.2 Å². The zero-order valence-corrected chi connectivity index (χ0v) is 12.8. The first-order valence-electron chi connectivity index (χ1n) is 7.30. The third-order valence-electron chi connectivity index (χ3n) is 4.18. The molecule has 2 saturated heterocycles. The van der Waals surface area contributed by atoms with Crippen LogP contribution in [0.4, 0.5) is 0 Å². The fraction of sp³-hybridized carbons (Fsp3) is 0.846. The Bertz CT molecular complexity index is 499. The number of amides is 1. The van der Waals surface area contributed by atoms with Crippen molar-refractivity contribution in [3.05, 3.63) is 0 Å². The van der Waals surface area contributed by atoms with Gasteiger partial charge < -0.3 is 15.3 Å². The Balaban J connectivity index is 2.00. The highest BCUT2D eigenvalue weighted by Gasteiger charge is 2.35. The van der Waals surface area contributed by atoms with Crippen molar-refractivity contribution in [2.24, 2.45) is 5.92 Å². The topological polar surface area (TPSA) is 104 Å². The Morgan fingerprint density at radius 3 is 2.48 bits per heavy atom. The van der Waals surface area contributed by atoms with E-state index in [2.05, 4.69) is 5.32 Å². The van der Waals surface area contributed by atoms with Crippen molar-refractivity contribution in [2.45, 2.75) is 31.7 Å². The molecule has 8 heteroatoms. The molecule has 0 aromatic carbocycles. The second-order valence-electron chi connectivity index (χ2n) is 5.85. The maximum atomic E-state index is 12.4. The van der Waals surface area contributed by atoms with E-state index in [0.717, 1.165) is 25.9 Å². The molecule has 0 spiro atoms. The molecule has 0 aromatic heterocycles. The van der Waals surface area contributed by atoms with Crippen LogP contribution in [-0.2, 0) is 19.4 Å². The molecule has 1 atom stereocenters. The van der Waals surface area contributed by atoms with Gasteiger partial charge >= 0.3 is 5.97 Å². The molecule has 120 valence electrons. The highest BCUT2D eigenvalue weighted by molar-refractivity contribution is 7.91. The van der Waals surface area contributed by atoms with E-state index in [-0.39, 0.29) is 30.4 Å². The van der Waals surface area contributed by atoms with Crippen LogP contribution in [0, 0.1) is 5.92 Å². The minimum atomic E-state index is -3.24. The van der Waals surface area contributed by atoms with Crippen molar-refractivity contribution in [3.63, 3.8) is 0 Å². The van der Waals surface area contributed by atoms with Crippen molar-refractivity contribution in [3.8, 4) is 0 Å². The predicted molar refractivity (Wildman–Crippen MR) is 76.6 cm³/mol. The van der Waals surface area contributed by atoms with E-state index >= 15 is 0 Å². The Morgan fingerprint density at radius 2 is 1.86 bits per heavy atom. The van der Waals surface area contributed by atoms with Gasteiger partial charge in [0.2, 0.25) is 5.91 Å². The number of carbonyl (C=O) groups excluding carboxylic acids is 1. The Morgan fingerprint density at radius 1 is 1.19 bits per heavy atom. The van der Waals surface area contributed by atoms with Crippen molar-refractivity contribution < 1.29 is 23.1 Å². The number of piperidine rings is 1. The molecule has 0 bridgehead atoms. The summed E-state index contributed by atoms with van der Waals surface area (Å²) >= 11 is 0. The van der Waals surface area contributed by atoms with Crippen LogP contribution < -0.4 is 5.32 Å². The molecule has 2 rings (SSSR count). The second-order valence-corrected chi connectivity index (χ2v) is 8.08. The van der Waals surface area contributed by atoms with Gasteiger partial charge in [0.15, 0.2) is 9.84 Å². The third-order valence-corrected chi connectivity index (χ3v) is 5.88. The molecule has 0 aromatic rings. The van der Waals surface area contributed by atoms with Gasteiger partial charge in [-0.2, -0.15) is 0 Å². The van der Waals surface area contributed by atoms with Crippen molar-refractivity contribution >= 4 is 21.7 Å². The summed E-state index contributed by atoms with van der Waals surface area (Å²) in [5.41, 5.74) is 0. The summed E-state index contributed by atoms with van der Waals surface area (Å²) in [6.07, 6.45) is 1.94. The largest absolute Gasteiger partial charge is 0.481 e. The lowest BCUT2D eigenvalue weighted by molar-refractivity contribution is -0.140. The van der Waals surface area contributed by atoms with Gasteiger partial charge in [0, 0.05) is 13.0 Å². The van der Waals surface area contributed by atoms with Gasteiger partial charge in [0.1, 0.15) is 0 Å². The van der Waals surface area contributed by atoms with E-state index in [1.54, 1.807) is 0 Å². The van der Waals surface area contributed by atoms with Crippen LogP contribution in [-0.4, -0.2) is 67.5 Å². The highest BCUT2D eigenvalue weighted by atomic mass is 32.2. The molecule has 0 radical (unpaired) electrons. The van der Waals surface area contributed by atoms with Gasteiger partial charge in [-0.25, -0.2) is 8.42 Å². The minimum Gasteiger partial charge on any atom is -0.481 e. The summed E-state index contributed by atoms with van der Waals surface area (Å²) in [6, 6.07) is -0.726. The number of rotatable bonds is 4. The summed E-state index contributed by atoms with van der Waals surface area (Å²) in [7, 11) is -3.24. The van der Waals surface area contributed by atoms with Gasteiger partial charge in [-0.3, -0.25) is 9.59 Å². The van der Waals surface area contributed by atoms with Crippen molar-refractivity contribution in [1.29, 1.82) is 0 Å². The lowest BCUT2D eigenvalue weighted by Gasteiger charge is -2.36. The lowest BCUT2D eigenvalue weighted by atomic mass is 9.94. The first-order chi connectivity index (χ1) is 9.87. The number of carboxylic acid groups (broad SMARTS) is 1. The molecular weight excluding hydrogens is 296 g/mol. The minimum absolute atomic E-state index is 0.0684. The molecule has 1 unspecified atom stereocenters. The van der Waals surface area contributed by atoms with Crippen LogP contribution in [0.3, 0.4) is 0 Å². The molecule has 21 heavy (non-hydrogen) atoms. The molecule has 2 heterocycles. The number of aliphatic carboxylic acids is 1. The molecule has 2 aliphatic heterocycles. The van der Waals surface area contributed by atoms with Crippen LogP contribution in [0.5, 0.6) is 0 Å². The number of carbonyl (C=O) groups is 2. The number of hydrogen-bond donors (Lipinski definition) is 2. The van der Waals surface area contributed by atoms with Gasteiger partial charge in [0.05, 0.1) is 24.0 Å². The number of hydrogen-bond acceptors (Lipinski definition) is 5. The summed E-state index contributed by atoms with van der Waals surface area (Å²) in [4.78, 5) is 24.8. The Kier molecular flexibility index (Phi) is 5.21. The van der Waals surface area contributed by atoms with Crippen molar-refractivity contribution in [2.75, 3.05) is 31.1 Å². The first-order valence-corrected chi connectivity index (χ1v) is 9.12. The Labute approximate surface area is 124 Å². The van der Waals surface area contributed by atoms with Gasteiger partial charge in [-0.1, -0.05) is 0 Å². The summed E-state index contributed by atoms with van der Waals surface area (Å²) in [5, 5.41) is 12.1. The summed E-state index contributed by atoms with van der Waals surface area (Å²) in [6.45, 7) is 1.90. The van der Waals surface area contributed by atoms with Crippen LogP contribution in [0.25, 0.3) is 0 Å². The maximum absolute atomic E-state index is 12.4. The SMILES string of the molecule is O=C(O)CC1CS(=O)(=O)CCN1C(=O)CC1CCNCC1. The third kappa shape index (κ3) is 4.67. The normalized spacial score (nSPS) is 26.5. The van der Waals surface area contributed by atoms with Crippen LogP contribution in [0.2, 0.25) is 0 Å². The molecule has 2 N–H and O–H groups in total. The fourth-order valence-electron chi connectivity index (χ4n) is 3.04. The zero-order valence-electron chi connectivity index (χ0n) is 12.0. The van der Waals surface area contributed by atoms with E-state index in [1.165, 1.54) is 4.90 Å². The molecule has 0 saturated carbocycles. The van der Waals surface area contributed by atoms with Gasteiger partial charge in [-0.05, 0) is 31.8 Å². The van der Waals surface area contributed by atoms with E-state index < -0.39 is 21.8 Å². The Hall–Kier alpha value is -1.15.